The summed E-state index contributed by atoms with van der Waals surface area (Å²) in [6.07, 6.45) is 6.84. The second kappa shape index (κ2) is 6.82. The summed E-state index contributed by atoms with van der Waals surface area (Å²) in [7, 11) is 1.64. The summed E-state index contributed by atoms with van der Waals surface area (Å²) in [6.45, 7) is 4.21. The van der Waals surface area contributed by atoms with Crippen LogP contribution in [0.4, 0.5) is 0 Å². The SMILES string of the molecule is COCOc1c(-c2nnc3c(ccn3C3CC(C)(O)C3)c2C)ccc2c1CCC2. The van der Waals surface area contributed by atoms with E-state index in [1.54, 1.807) is 7.11 Å². The van der Waals surface area contributed by atoms with E-state index < -0.39 is 5.60 Å². The molecule has 2 aliphatic rings. The minimum atomic E-state index is -0.568. The molecule has 29 heavy (non-hydrogen) atoms. The highest BCUT2D eigenvalue weighted by atomic mass is 16.7. The van der Waals surface area contributed by atoms with Gasteiger partial charge in [0.25, 0.3) is 0 Å². The molecular weight excluding hydrogens is 366 g/mol. The summed E-state index contributed by atoms with van der Waals surface area (Å²) < 4.78 is 13.4. The van der Waals surface area contributed by atoms with Crippen molar-refractivity contribution in [1.29, 1.82) is 0 Å². The van der Waals surface area contributed by atoms with Gasteiger partial charge in [0, 0.05) is 30.3 Å². The van der Waals surface area contributed by atoms with Gasteiger partial charge < -0.3 is 19.1 Å². The van der Waals surface area contributed by atoms with Crippen LogP contribution in [0.3, 0.4) is 0 Å². The van der Waals surface area contributed by atoms with Crippen molar-refractivity contribution in [1.82, 2.24) is 14.8 Å². The summed E-state index contributed by atoms with van der Waals surface area (Å²) >= 11 is 0. The predicted octanol–water partition coefficient (Wildman–Crippen LogP) is 3.96. The van der Waals surface area contributed by atoms with Gasteiger partial charge in [-0.15, -0.1) is 10.2 Å². The summed E-state index contributed by atoms with van der Waals surface area (Å²) in [5.41, 5.74) is 5.88. The zero-order valence-corrected chi connectivity index (χ0v) is 17.2. The molecule has 1 saturated carbocycles. The first-order chi connectivity index (χ1) is 14.0. The van der Waals surface area contributed by atoms with Crippen LogP contribution in [-0.2, 0) is 17.6 Å². The Balaban J connectivity index is 1.59. The lowest BCUT2D eigenvalue weighted by atomic mass is 9.77. The second-order valence-electron chi connectivity index (χ2n) is 8.68. The van der Waals surface area contributed by atoms with Crippen LogP contribution in [0.5, 0.6) is 5.75 Å². The van der Waals surface area contributed by atoms with Crippen molar-refractivity contribution >= 4 is 11.0 Å². The highest BCUT2D eigenvalue weighted by Gasteiger charge is 2.40. The standard InChI is InChI=1S/C23H27N3O3/c1-14-17-9-10-26(16-11-23(2,27)12-16)22(17)25-24-20(14)19-8-7-15-5-4-6-18(15)21(19)29-13-28-3/h7-10,16,27H,4-6,11-13H2,1-3H3. The van der Waals surface area contributed by atoms with Crippen LogP contribution in [0.15, 0.2) is 24.4 Å². The third-order valence-electron chi connectivity index (χ3n) is 6.44. The maximum atomic E-state index is 10.1. The molecule has 2 aromatic heterocycles. The monoisotopic (exact) mass is 393 g/mol. The minimum absolute atomic E-state index is 0.218. The van der Waals surface area contributed by atoms with E-state index in [1.807, 2.05) is 6.92 Å². The number of aliphatic hydroxyl groups is 1. The fourth-order valence-corrected chi connectivity index (χ4v) is 4.94. The lowest BCUT2D eigenvalue weighted by molar-refractivity contribution is -0.0498. The summed E-state index contributed by atoms with van der Waals surface area (Å²) in [5, 5.41) is 20.4. The summed E-state index contributed by atoms with van der Waals surface area (Å²) in [4.78, 5) is 0. The van der Waals surface area contributed by atoms with Crippen molar-refractivity contribution in [2.75, 3.05) is 13.9 Å². The molecule has 6 nitrogen and oxygen atoms in total. The number of aromatic nitrogens is 3. The van der Waals surface area contributed by atoms with Crippen LogP contribution < -0.4 is 4.74 Å². The lowest BCUT2D eigenvalue weighted by Gasteiger charge is -2.41. The number of nitrogens with zero attached hydrogens (tertiary/aromatic N) is 3. The molecule has 5 rings (SSSR count). The molecule has 3 aromatic rings. The van der Waals surface area contributed by atoms with Crippen molar-refractivity contribution in [3.63, 3.8) is 0 Å². The van der Waals surface area contributed by atoms with E-state index >= 15 is 0 Å². The van der Waals surface area contributed by atoms with Gasteiger partial charge in [0.1, 0.15) is 11.4 Å². The molecule has 0 bridgehead atoms. The Morgan fingerprint density at radius 1 is 1.21 bits per heavy atom. The molecule has 1 N–H and O–H groups in total. The van der Waals surface area contributed by atoms with E-state index in [4.69, 9.17) is 9.47 Å². The zero-order chi connectivity index (χ0) is 20.2. The average Bonchev–Trinajstić information content (AvgIpc) is 3.32. The largest absolute Gasteiger partial charge is 0.467 e. The minimum Gasteiger partial charge on any atom is -0.467 e. The number of hydrogen-bond donors (Lipinski definition) is 1. The first-order valence-electron chi connectivity index (χ1n) is 10.3. The maximum absolute atomic E-state index is 10.1. The van der Waals surface area contributed by atoms with Crippen molar-refractivity contribution in [3.05, 3.63) is 41.1 Å². The Bertz CT molecular complexity index is 1080. The number of hydrogen-bond acceptors (Lipinski definition) is 5. The first kappa shape index (κ1) is 18.6. The number of aryl methyl sites for hydroxylation is 2. The number of benzene rings is 1. The lowest BCUT2D eigenvalue weighted by Crippen LogP contribution is -2.41. The maximum Gasteiger partial charge on any atom is 0.188 e. The van der Waals surface area contributed by atoms with Crippen LogP contribution in [0, 0.1) is 6.92 Å². The van der Waals surface area contributed by atoms with Gasteiger partial charge in [0.2, 0.25) is 0 Å². The van der Waals surface area contributed by atoms with Gasteiger partial charge in [-0.05, 0) is 74.8 Å². The molecular formula is C23H27N3O3. The molecule has 2 heterocycles. The Morgan fingerprint density at radius 2 is 2.03 bits per heavy atom. The first-order valence-corrected chi connectivity index (χ1v) is 10.3. The summed E-state index contributed by atoms with van der Waals surface area (Å²) in [6, 6.07) is 6.70. The van der Waals surface area contributed by atoms with Gasteiger partial charge in [-0.25, -0.2) is 0 Å². The van der Waals surface area contributed by atoms with Crippen LogP contribution in [-0.4, -0.2) is 39.4 Å². The van der Waals surface area contributed by atoms with E-state index in [0.29, 0.717) is 0 Å². The molecule has 0 amide bonds. The van der Waals surface area contributed by atoms with E-state index in [0.717, 1.165) is 65.7 Å². The molecule has 0 aliphatic heterocycles. The van der Waals surface area contributed by atoms with Crippen molar-refractivity contribution < 1.29 is 14.6 Å². The highest BCUT2D eigenvalue weighted by Crippen LogP contribution is 2.44. The normalized spacial score (nSPS) is 23.2. The van der Waals surface area contributed by atoms with Crippen LogP contribution in [0.25, 0.3) is 22.3 Å². The number of methoxy groups -OCH3 is 1. The Kier molecular flexibility index (Phi) is 4.37. The van der Waals surface area contributed by atoms with Gasteiger partial charge >= 0.3 is 0 Å². The van der Waals surface area contributed by atoms with E-state index in [9.17, 15) is 5.11 Å². The van der Waals surface area contributed by atoms with E-state index in [1.165, 1.54) is 11.1 Å². The number of fused-ring (bicyclic) bond motifs is 2. The summed E-state index contributed by atoms with van der Waals surface area (Å²) in [5.74, 6) is 0.882. The zero-order valence-electron chi connectivity index (χ0n) is 17.2. The smallest absolute Gasteiger partial charge is 0.188 e. The van der Waals surface area contributed by atoms with Crippen LogP contribution >= 0.6 is 0 Å². The predicted molar refractivity (Wildman–Crippen MR) is 111 cm³/mol. The molecule has 0 spiro atoms. The fourth-order valence-electron chi connectivity index (χ4n) is 4.94. The number of ether oxygens (including phenoxy) is 2. The average molecular weight is 393 g/mol. The fraction of sp³-hybridized carbons (Fsp3) is 0.478. The van der Waals surface area contributed by atoms with E-state index in [-0.39, 0.29) is 12.8 Å². The molecule has 0 atom stereocenters. The molecule has 152 valence electrons. The van der Waals surface area contributed by atoms with Gasteiger partial charge in [-0.2, -0.15) is 0 Å². The molecule has 0 unspecified atom stereocenters. The Hall–Kier alpha value is -2.44. The van der Waals surface area contributed by atoms with Crippen LogP contribution in [0.2, 0.25) is 0 Å². The molecule has 1 fully saturated rings. The molecule has 0 saturated heterocycles. The van der Waals surface area contributed by atoms with Gasteiger partial charge in [-0.1, -0.05) is 6.07 Å². The Labute approximate surface area is 170 Å². The van der Waals surface area contributed by atoms with Gasteiger partial charge in [-0.3, -0.25) is 0 Å². The van der Waals surface area contributed by atoms with Crippen molar-refractivity contribution in [2.24, 2.45) is 0 Å². The van der Waals surface area contributed by atoms with Crippen molar-refractivity contribution in [2.45, 2.75) is 57.6 Å². The van der Waals surface area contributed by atoms with Gasteiger partial charge in [0.15, 0.2) is 12.4 Å². The molecule has 0 radical (unpaired) electrons. The highest BCUT2D eigenvalue weighted by molar-refractivity contribution is 5.87. The molecule has 6 heteroatoms. The second-order valence-corrected chi connectivity index (χ2v) is 8.68. The third-order valence-corrected chi connectivity index (χ3v) is 6.44. The van der Waals surface area contributed by atoms with E-state index in [2.05, 4.69) is 46.1 Å². The Morgan fingerprint density at radius 3 is 2.79 bits per heavy atom. The third kappa shape index (κ3) is 3.02. The van der Waals surface area contributed by atoms with Gasteiger partial charge in [0.05, 0.1) is 5.60 Å². The quantitative estimate of drug-likeness (QED) is 0.665. The topological polar surface area (TPSA) is 69.4 Å². The molecule has 2 aliphatic carbocycles. The molecule has 1 aromatic carbocycles. The number of rotatable bonds is 5. The van der Waals surface area contributed by atoms with Crippen LogP contribution in [0.1, 0.15) is 48.9 Å². The van der Waals surface area contributed by atoms with Crippen molar-refractivity contribution in [3.8, 4) is 17.0 Å².